The summed E-state index contributed by atoms with van der Waals surface area (Å²) in [6.07, 6.45) is 5.24. The molecular weight excluding hydrogens is 264 g/mol. The lowest BCUT2D eigenvalue weighted by Gasteiger charge is -2.26. The summed E-state index contributed by atoms with van der Waals surface area (Å²) in [4.78, 5) is 14.7. The van der Waals surface area contributed by atoms with Crippen LogP contribution in [0.5, 0.6) is 0 Å². The number of hydrogen-bond acceptors (Lipinski definition) is 7. The summed E-state index contributed by atoms with van der Waals surface area (Å²) in [5.41, 5.74) is 5.71. The number of hydrogen-bond donors (Lipinski definition) is 2. The first-order valence-corrected chi connectivity index (χ1v) is 8.18. The molecule has 3 N–H and O–H groups in total. The predicted molar refractivity (Wildman–Crippen MR) is 77.7 cm³/mol. The van der Waals surface area contributed by atoms with E-state index in [1.807, 2.05) is 0 Å². The molecule has 0 saturated carbocycles. The summed E-state index contributed by atoms with van der Waals surface area (Å²) in [6, 6.07) is 0. The van der Waals surface area contributed by atoms with Crippen molar-refractivity contribution in [3.8, 4) is 0 Å². The largest absolute Gasteiger partial charge is 0.368 e. The molecule has 0 spiro atoms. The number of rotatable bonds is 5. The van der Waals surface area contributed by atoms with E-state index in [1.54, 1.807) is 6.26 Å². The van der Waals surface area contributed by atoms with E-state index in [4.69, 9.17) is 5.73 Å². The normalized spacial score (nSPS) is 17.2. The molecule has 0 aliphatic carbocycles. The maximum Gasteiger partial charge on any atom is 0.231 e. The van der Waals surface area contributed by atoms with Gasteiger partial charge < -0.3 is 16.0 Å². The number of nitrogens with two attached hydrogens (primary N) is 1. The first kappa shape index (κ1) is 14.0. The molecular formula is C11H20N6OS. The third kappa shape index (κ3) is 4.30. The van der Waals surface area contributed by atoms with E-state index >= 15 is 0 Å². The van der Waals surface area contributed by atoms with Crippen LogP contribution < -0.4 is 16.0 Å². The Morgan fingerprint density at radius 3 is 2.68 bits per heavy atom. The molecule has 1 aliphatic rings. The average Bonchev–Trinajstić information content (AvgIpc) is 2.39. The van der Waals surface area contributed by atoms with Gasteiger partial charge in [-0.2, -0.15) is 15.0 Å². The molecule has 0 radical (unpaired) electrons. The van der Waals surface area contributed by atoms with Crippen molar-refractivity contribution < 1.29 is 4.21 Å². The van der Waals surface area contributed by atoms with Crippen LogP contribution in [0.15, 0.2) is 0 Å². The maximum absolute atomic E-state index is 11.0. The average molecular weight is 284 g/mol. The van der Waals surface area contributed by atoms with Gasteiger partial charge in [-0.15, -0.1) is 0 Å². The third-order valence-corrected chi connectivity index (χ3v) is 3.73. The summed E-state index contributed by atoms with van der Waals surface area (Å²) >= 11 is 0. The molecule has 1 aliphatic heterocycles. The van der Waals surface area contributed by atoms with Crippen molar-refractivity contribution >= 4 is 28.6 Å². The molecule has 1 aromatic rings. The van der Waals surface area contributed by atoms with Crippen molar-refractivity contribution in [3.05, 3.63) is 0 Å². The molecule has 1 aromatic heterocycles. The maximum atomic E-state index is 11.0. The topological polar surface area (TPSA) is 97.0 Å². The molecule has 1 atom stereocenters. The van der Waals surface area contributed by atoms with Gasteiger partial charge >= 0.3 is 0 Å². The summed E-state index contributed by atoms with van der Waals surface area (Å²) in [5.74, 6) is 1.87. The number of nitrogen functional groups attached to an aromatic ring is 1. The van der Waals surface area contributed by atoms with E-state index < -0.39 is 10.8 Å². The Kier molecular flexibility index (Phi) is 4.89. The van der Waals surface area contributed by atoms with Gasteiger partial charge in [0.1, 0.15) is 0 Å². The molecule has 7 nitrogen and oxygen atoms in total. The van der Waals surface area contributed by atoms with Gasteiger partial charge in [0, 0.05) is 42.4 Å². The molecule has 1 saturated heterocycles. The number of piperidine rings is 1. The van der Waals surface area contributed by atoms with E-state index in [1.165, 1.54) is 6.42 Å². The van der Waals surface area contributed by atoms with Crippen molar-refractivity contribution in [1.29, 1.82) is 0 Å². The van der Waals surface area contributed by atoms with Gasteiger partial charge in [-0.05, 0) is 19.3 Å². The van der Waals surface area contributed by atoms with Crippen molar-refractivity contribution in [1.82, 2.24) is 15.0 Å². The summed E-state index contributed by atoms with van der Waals surface area (Å²) < 4.78 is 11.0. The third-order valence-electron chi connectivity index (χ3n) is 2.95. The Bertz CT molecular complexity index is 449. The van der Waals surface area contributed by atoms with Crippen LogP contribution in [0, 0.1) is 0 Å². The first-order valence-electron chi connectivity index (χ1n) is 6.45. The number of nitrogens with zero attached hydrogens (tertiary/aromatic N) is 4. The fourth-order valence-electron chi connectivity index (χ4n) is 2.00. The highest BCUT2D eigenvalue weighted by Gasteiger charge is 2.15. The van der Waals surface area contributed by atoms with E-state index in [9.17, 15) is 4.21 Å². The smallest absolute Gasteiger partial charge is 0.231 e. The van der Waals surface area contributed by atoms with Gasteiger partial charge in [-0.3, -0.25) is 4.21 Å². The van der Waals surface area contributed by atoms with Crippen LogP contribution >= 0.6 is 0 Å². The molecule has 19 heavy (non-hydrogen) atoms. The second kappa shape index (κ2) is 6.65. The van der Waals surface area contributed by atoms with Crippen LogP contribution in [0.1, 0.15) is 19.3 Å². The van der Waals surface area contributed by atoms with Crippen molar-refractivity contribution in [2.45, 2.75) is 19.3 Å². The highest BCUT2D eigenvalue weighted by atomic mass is 32.2. The van der Waals surface area contributed by atoms with Crippen LogP contribution in [-0.2, 0) is 10.8 Å². The van der Waals surface area contributed by atoms with Crippen LogP contribution in [-0.4, -0.2) is 50.8 Å². The fourth-order valence-corrected chi connectivity index (χ4v) is 2.39. The van der Waals surface area contributed by atoms with Crippen LogP contribution in [0.4, 0.5) is 17.8 Å². The van der Waals surface area contributed by atoms with Crippen LogP contribution in [0.2, 0.25) is 0 Å². The molecule has 0 amide bonds. The zero-order chi connectivity index (χ0) is 13.7. The lowest BCUT2D eigenvalue weighted by molar-refractivity contribution is 0.568. The zero-order valence-electron chi connectivity index (χ0n) is 11.1. The van der Waals surface area contributed by atoms with Gasteiger partial charge in [0.2, 0.25) is 17.8 Å². The van der Waals surface area contributed by atoms with Gasteiger partial charge in [0.15, 0.2) is 0 Å². The lowest BCUT2D eigenvalue weighted by Crippen LogP contribution is -2.31. The molecule has 2 rings (SSSR count). The second-order valence-electron chi connectivity index (χ2n) is 4.57. The Balaban J connectivity index is 2.03. The van der Waals surface area contributed by atoms with E-state index in [0.29, 0.717) is 24.2 Å². The monoisotopic (exact) mass is 284 g/mol. The van der Waals surface area contributed by atoms with E-state index in [2.05, 4.69) is 25.2 Å². The minimum Gasteiger partial charge on any atom is -0.368 e. The molecule has 106 valence electrons. The number of nitrogens with one attached hydrogen (secondary N) is 1. The SMILES string of the molecule is CS(=O)CCNc1nc(N)nc(N2CCCCC2)n1. The first-order chi connectivity index (χ1) is 9.15. The lowest BCUT2D eigenvalue weighted by atomic mass is 10.1. The highest BCUT2D eigenvalue weighted by Crippen LogP contribution is 2.17. The van der Waals surface area contributed by atoms with Gasteiger partial charge in [0.05, 0.1) is 0 Å². The molecule has 1 fully saturated rings. The summed E-state index contributed by atoms with van der Waals surface area (Å²) in [6.45, 7) is 2.48. The zero-order valence-corrected chi connectivity index (χ0v) is 11.9. The molecule has 1 unspecified atom stereocenters. The Labute approximate surface area is 115 Å². The van der Waals surface area contributed by atoms with E-state index in [0.717, 1.165) is 25.9 Å². The Morgan fingerprint density at radius 2 is 2.00 bits per heavy atom. The molecule has 8 heteroatoms. The Morgan fingerprint density at radius 1 is 1.26 bits per heavy atom. The van der Waals surface area contributed by atoms with Gasteiger partial charge in [-0.25, -0.2) is 0 Å². The standard InChI is InChI=1S/C11H20N6OS/c1-19(18)8-5-13-10-14-9(12)15-11(16-10)17-6-3-2-4-7-17/h2-8H2,1H3,(H3,12,13,14,15,16). The number of aromatic nitrogens is 3. The van der Waals surface area contributed by atoms with Gasteiger partial charge in [0.25, 0.3) is 0 Å². The van der Waals surface area contributed by atoms with Crippen LogP contribution in [0.3, 0.4) is 0 Å². The van der Waals surface area contributed by atoms with E-state index in [-0.39, 0.29) is 5.95 Å². The summed E-state index contributed by atoms with van der Waals surface area (Å²) in [5, 5.41) is 3.03. The highest BCUT2D eigenvalue weighted by molar-refractivity contribution is 7.84. The minimum atomic E-state index is -0.830. The van der Waals surface area contributed by atoms with Crippen molar-refractivity contribution in [2.75, 3.05) is 47.6 Å². The van der Waals surface area contributed by atoms with Gasteiger partial charge in [-0.1, -0.05) is 0 Å². The molecule has 0 bridgehead atoms. The predicted octanol–water partition coefficient (Wildman–Crippen LogP) is 0.235. The fraction of sp³-hybridized carbons (Fsp3) is 0.727. The minimum absolute atomic E-state index is 0.218. The van der Waals surface area contributed by atoms with Crippen molar-refractivity contribution in [2.24, 2.45) is 0 Å². The summed E-state index contributed by atoms with van der Waals surface area (Å²) in [7, 11) is -0.830. The van der Waals surface area contributed by atoms with Crippen molar-refractivity contribution in [3.63, 3.8) is 0 Å². The van der Waals surface area contributed by atoms with Crippen LogP contribution in [0.25, 0.3) is 0 Å². The second-order valence-corrected chi connectivity index (χ2v) is 6.12. The molecule has 0 aromatic carbocycles. The number of anilines is 3. The molecule has 2 heterocycles. The Hall–Kier alpha value is -1.44. The quantitative estimate of drug-likeness (QED) is 0.799.